The van der Waals surface area contributed by atoms with E-state index in [-0.39, 0.29) is 43.6 Å². The van der Waals surface area contributed by atoms with E-state index in [9.17, 15) is 33.9 Å². The van der Waals surface area contributed by atoms with E-state index in [1.807, 2.05) is 13.8 Å². The minimum absolute atomic E-state index is 0.0515. The van der Waals surface area contributed by atoms with Gasteiger partial charge in [0.25, 0.3) is 0 Å². The average molecular weight is 725 g/mol. The number of carbonyl (C=O) groups excluding carboxylic acids is 5. The number of rotatable bonds is 30. The molecule has 0 aromatic carbocycles. The van der Waals surface area contributed by atoms with Gasteiger partial charge in [-0.2, -0.15) is 0 Å². The van der Waals surface area contributed by atoms with Gasteiger partial charge < -0.3 is 43.2 Å². The molecule has 10 N–H and O–H groups in total. The SMILES string of the molecule is CCCCCCCCCCCCCCCC(=O)N[C@@H](C)C(=O)N[C@@H](CC(=O)O)C(=O)N[C@@H](CCCN=C(N)N)C(=O)N[C@@H](CC(C)C)C(=O)NC. The molecule has 15 nitrogen and oxygen atoms in total. The number of hydrogen-bond donors (Lipinski definition) is 8. The van der Waals surface area contributed by atoms with Crippen LogP contribution < -0.4 is 38.1 Å². The molecule has 294 valence electrons. The largest absolute Gasteiger partial charge is 0.481 e. The van der Waals surface area contributed by atoms with Gasteiger partial charge in [-0.25, -0.2) is 0 Å². The molecule has 0 aliphatic carbocycles. The Morgan fingerprint density at radius 2 is 1.12 bits per heavy atom. The van der Waals surface area contributed by atoms with Gasteiger partial charge in [-0.1, -0.05) is 97.8 Å². The standard InChI is InChI=1S/C36H68N8O7/c1-6-7-8-9-10-11-12-13-14-15-16-17-18-21-30(45)41-26(4)32(48)43-29(24-31(46)47)35(51)42-27(20-19-22-40-36(37)38)34(50)44-28(23-25(2)3)33(49)39-5/h25-29H,6-24H2,1-5H3,(H,39,49)(H,41,45)(H,42,51)(H,43,48)(H,44,50)(H,46,47)(H4,37,38,40)/t26-,27-,28-,29-/m0/s1. The zero-order chi connectivity index (χ0) is 38.6. The highest BCUT2D eigenvalue weighted by atomic mass is 16.4. The van der Waals surface area contributed by atoms with Crippen LogP contribution in [-0.2, 0) is 28.8 Å². The van der Waals surface area contributed by atoms with Crippen molar-refractivity contribution in [1.29, 1.82) is 0 Å². The van der Waals surface area contributed by atoms with Crippen LogP contribution in [0.3, 0.4) is 0 Å². The van der Waals surface area contributed by atoms with E-state index in [4.69, 9.17) is 11.5 Å². The van der Waals surface area contributed by atoms with Crippen LogP contribution in [0.4, 0.5) is 0 Å². The van der Waals surface area contributed by atoms with Crippen molar-refractivity contribution in [3.63, 3.8) is 0 Å². The first-order chi connectivity index (χ1) is 24.2. The van der Waals surface area contributed by atoms with Crippen LogP contribution in [0.15, 0.2) is 4.99 Å². The first-order valence-corrected chi connectivity index (χ1v) is 18.9. The molecule has 5 amide bonds. The van der Waals surface area contributed by atoms with Gasteiger partial charge >= 0.3 is 5.97 Å². The molecule has 0 fully saturated rings. The lowest BCUT2D eigenvalue weighted by Gasteiger charge is -2.26. The summed E-state index contributed by atoms with van der Waals surface area (Å²) in [6.45, 7) is 7.60. The second-order valence-corrected chi connectivity index (χ2v) is 13.8. The molecular formula is C36H68N8O7. The third kappa shape index (κ3) is 24.8. The summed E-state index contributed by atoms with van der Waals surface area (Å²) in [5.74, 6) is -4.51. The Kier molecular flexibility index (Phi) is 26.5. The predicted octanol–water partition coefficient (Wildman–Crippen LogP) is 2.75. The number of carboxylic acid groups (broad SMARTS) is 1. The highest BCUT2D eigenvalue weighted by molar-refractivity contribution is 5.96. The monoisotopic (exact) mass is 725 g/mol. The molecule has 0 aliphatic rings. The van der Waals surface area contributed by atoms with Gasteiger partial charge in [-0.3, -0.25) is 33.8 Å². The van der Waals surface area contributed by atoms with Crippen LogP contribution in [0.2, 0.25) is 0 Å². The van der Waals surface area contributed by atoms with Crippen molar-refractivity contribution in [2.75, 3.05) is 13.6 Å². The fourth-order valence-electron chi connectivity index (χ4n) is 5.56. The van der Waals surface area contributed by atoms with Crippen molar-refractivity contribution in [3.05, 3.63) is 0 Å². The Labute approximate surface area is 305 Å². The summed E-state index contributed by atoms with van der Waals surface area (Å²) in [5, 5.41) is 22.2. The highest BCUT2D eigenvalue weighted by Gasteiger charge is 2.31. The van der Waals surface area contributed by atoms with Gasteiger partial charge in [-0.05, 0) is 38.5 Å². The van der Waals surface area contributed by atoms with Crippen molar-refractivity contribution >= 4 is 41.5 Å². The Bertz CT molecular complexity index is 1080. The molecule has 15 heteroatoms. The van der Waals surface area contributed by atoms with Crippen LogP contribution >= 0.6 is 0 Å². The Hall–Kier alpha value is -3.91. The lowest BCUT2D eigenvalue weighted by atomic mass is 10.0. The molecule has 0 aromatic rings. The third-order valence-corrected chi connectivity index (χ3v) is 8.45. The number of carboxylic acids is 1. The van der Waals surface area contributed by atoms with Crippen molar-refractivity contribution in [2.45, 2.75) is 167 Å². The summed E-state index contributed by atoms with van der Waals surface area (Å²) >= 11 is 0. The van der Waals surface area contributed by atoms with E-state index in [1.54, 1.807) is 0 Å². The molecule has 0 heterocycles. The smallest absolute Gasteiger partial charge is 0.305 e. The summed E-state index contributed by atoms with van der Waals surface area (Å²) in [5.41, 5.74) is 10.8. The molecular weight excluding hydrogens is 656 g/mol. The van der Waals surface area contributed by atoms with E-state index < -0.39 is 60.2 Å². The van der Waals surface area contributed by atoms with Gasteiger partial charge in [0, 0.05) is 20.0 Å². The molecule has 0 aromatic heterocycles. The van der Waals surface area contributed by atoms with E-state index in [1.165, 1.54) is 71.8 Å². The van der Waals surface area contributed by atoms with Crippen molar-refractivity contribution < 1.29 is 33.9 Å². The average Bonchev–Trinajstić information content (AvgIpc) is 3.06. The quantitative estimate of drug-likeness (QED) is 0.0308. The zero-order valence-electron chi connectivity index (χ0n) is 31.8. The van der Waals surface area contributed by atoms with Crippen molar-refractivity contribution in [1.82, 2.24) is 26.6 Å². The summed E-state index contributed by atoms with van der Waals surface area (Å²) in [7, 11) is 1.44. The maximum Gasteiger partial charge on any atom is 0.305 e. The van der Waals surface area contributed by atoms with Crippen LogP contribution in [0.5, 0.6) is 0 Å². The number of amides is 5. The molecule has 0 unspecified atom stereocenters. The van der Waals surface area contributed by atoms with Gasteiger partial charge in [0.15, 0.2) is 5.96 Å². The fourth-order valence-corrected chi connectivity index (χ4v) is 5.56. The number of aliphatic carboxylic acids is 1. The molecule has 4 atom stereocenters. The van der Waals surface area contributed by atoms with E-state index in [2.05, 4.69) is 38.5 Å². The maximum absolute atomic E-state index is 13.3. The van der Waals surface area contributed by atoms with Crippen molar-refractivity contribution in [3.8, 4) is 0 Å². The minimum Gasteiger partial charge on any atom is -0.481 e. The Morgan fingerprint density at radius 1 is 0.627 bits per heavy atom. The molecule has 0 radical (unpaired) electrons. The highest BCUT2D eigenvalue weighted by Crippen LogP contribution is 2.13. The topological polar surface area (TPSA) is 247 Å². The van der Waals surface area contributed by atoms with Gasteiger partial charge in [0.2, 0.25) is 29.5 Å². The van der Waals surface area contributed by atoms with Crippen molar-refractivity contribution in [2.24, 2.45) is 22.4 Å². The van der Waals surface area contributed by atoms with E-state index in [0.717, 1.165) is 19.3 Å². The summed E-state index contributed by atoms with van der Waals surface area (Å²) in [6, 6.07) is -4.66. The Balaban J connectivity index is 5.08. The molecule has 0 saturated carbocycles. The molecule has 0 spiro atoms. The summed E-state index contributed by atoms with van der Waals surface area (Å²) < 4.78 is 0. The first kappa shape index (κ1) is 47.1. The molecule has 0 saturated heterocycles. The summed E-state index contributed by atoms with van der Waals surface area (Å²) in [4.78, 5) is 80.0. The summed E-state index contributed by atoms with van der Waals surface area (Å²) in [6.07, 6.45) is 15.5. The number of carbonyl (C=O) groups is 6. The number of likely N-dealkylation sites (N-methyl/N-ethyl adjacent to an activating group) is 1. The minimum atomic E-state index is -1.55. The van der Waals surface area contributed by atoms with Crippen LogP contribution in [0.25, 0.3) is 0 Å². The predicted molar refractivity (Wildman–Crippen MR) is 199 cm³/mol. The Morgan fingerprint density at radius 3 is 1.61 bits per heavy atom. The molecule has 51 heavy (non-hydrogen) atoms. The van der Waals surface area contributed by atoms with E-state index >= 15 is 0 Å². The van der Waals surface area contributed by atoms with Gasteiger partial charge in [0.1, 0.15) is 24.2 Å². The van der Waals surface area contributed by atoms with Crippen LogP contribution in [0.1, 0.15) is 143 Å². The molecule has 0 rings (SSSR count). The second-order valence-electron chi connectivity index (χ2n) is 13.8. The first-order valence-electron chi connectivity index (χ1n) is 18.9. The van der Waals surface area contributed by atoms with Gasteiger partial charge in [-0.15, -0.1) is 0 Å². The maximum atomic E-state index is 13.3. The second kappa shape index (κ2) is 28.8. The normalized spacial score (nSPS) is 13.3. The van der Waals surface area contributed by atoms with E-state index in [0.29, 0.717) is 12.8 Å². The number of nitrogens with one attached hydrogen (secondary N) is 5. The number of aliphatic imine (C=N–C) groups is 1. The number of unbranched alkanes of at least 4 members (excludes halogenated alkanes) is 12. The lowest BCUT2D eigenvalue weighted by molar-refractivity contribution is -0.141. The van der Waals surface area contributed by atoms with Crippen LogP contribution in [-0.4, -0.2) is 84.3 Å². The van der Waals surface area contributed by atoms with Gasteiger partial charge in [0.05, 0.1) is 6.42 Å². The zero-order valence-corrected chi connectivity index (χ0v) is 31.8. The molecule has 0 aliphatic heterocycles. The number of nitrogens with zero attached hydrogens (tertiary/aromatic N) is 1. The van der Waals surface area contributed by atoms with Crippen LogP contribution in [0, 0.1) is 5.92 Å². The lowest BCUT2D eigenvalue weighted by Crippen LogP contribution is -2.58. The molecule has 0 bridgehead atoms. The fraction of sp³-hybridized carbons (Fsp3) is 0.806. The number of nitrogens with two attached hydrogens (primary N) is 2. The number of guanidine groups is 1. The third-order valence-electron chi connectivity index (χ3n) is 8.45. The number of hydrogen-bond acceptors (Lipinski definition) is 7.